The predicted molar refractivity (Wildman–Crippen MR) is 43.4 cm³/mol. The van der Waals surface area contributed by atoms with Crippen LogP contribution in [-0.2, 0) is 5.11 Å². The minimum absolute atomic E-state index is 0.167. The van der Waals surface area contributed by atoms with Crippen LogP contribution >= 0.6 is 11.8 Å². The van der Waals surface area contributed by atoms with Crippen molar-refractivity contribution in [1.29, 1.82) is 0 Å². The Morgan fingerprint density at radius 2 is 1.93 bits per heavy atom. The molecule has 0 fully saturated rings. The number of hydrogen-bond acceptors (Lipinski definition) is 2. The molecule has 0 aliphatic heterocycles. The van der Waals surface area contributed by atoms with Gasteiger partial charge in [0.2, 0.25) is 0 Å². The summed E-state index contributed by atoms with van der Waals surface area (Å²) >= 11 is -0.359. The van der Waals surface area contributed by atoms with Gasteiger partial charge in [0.05, 0.1) is 5.56 Å². The van der Waals surface area contributed by atoms with Crippen LogP contribution in [0.5, 0.6) is 0 Å². The molecule has 0 aromatic heterocycles. The van der Waals surface area contributed by atoms with Crippen LogP contribution in [0.1, 0.15) is 10.4 Å². The SMILES string of the molecule is [O]C(=O)c1cccc(SC(F)(F)F)c1. The van der Waals surface area contributed by atoms with Crippen molar-refractivity contribution in [3.8, 4) is 0 Å². The highest BCUT2D eigenvalue weighted by Crippen LogP contribution is 2.36. The fourth-order valence-electron chi connectivity index (χ4n) is 0.820. The molecule has 14 heavy (non-hydrogen) atoms. The lowest BCUT2D eigenvalue weighted by Gasteiger charge is -2.05. The van der Waals surface area contributed by atoms with E-state index in [2.05, 4.69) is 0 Å². The number of carbonyl (C=O) groups excluding carboxylic acids is 1. The average molecular weight is 221 g/mol. The summed E-state index contributed by atoms with van der Waals surface area (Å²) in [4.78, 5) is 10.1. The van der Waals surface area contributed by atoms with Gasteiger partial charge in [-0.1, -0.05) is 6.07 Å². The van der Waals surface area contributed by atoms with Crippen LogP contribution in [0.2, 0.25) is 0 Å². The Morgan fingerprint density at radius 1 is 1.29 bits per heavy atom. The van der Waals surface area contributed by atoms with Gasteiger partial charge in [-0.25, -0.2) is 9.90 Å². The molecule has 6 heteroatoms. The molecule has 1 aromatic carbocycles. The minimum Gasteiger partial charge on any atom is -0.242 e. The lowest BCUT2D eigenvalue weighted by atomic mass is 10.2. The molecule has 0 spiro atoms. The first-order valence-corrected chi connectivity index (χ1v) is 4.27. The van der Waals surface area contributed by atoms with E-state index in [0.717, 1.165) is 6.07 Å². The Bertz CT molecular complexity index is 349. The Balaban J connectivity index is 2.89. The topological polar surface area (TPSA) is 37.0 Å². The molecule has 75 valence electrons. The molecule has 0 aliphatic carbocycles. The first-order chi connectivity index (χ1) is 6.38. The number of thioether (sulfide) groups is 1. The van der Waals surface area contributed by atoms with Gasteiger partial charge in [0.1, 0.15) is 0 Å². The standard InChI is InChI=1S/C8H4F3O2S/c9-8(10,11)14-6-3-1-2-5(4-6)7(12)13/h1-4H. The molecule has 0 heterocycles. The second kappa shape index (κ2) is 3.91. The molecule has 0 aliphatic rings. The van der Waals surface area contributed by atoms with E-state index in [9.17, 15) is 23.1 Å². The number of rotatable bonds is 2. The van der Waals surface area contributed by atoms with Gasteiger partial charge >= 0.3 is 11.5 Å². The zero-order valence-electron chi connectivity index (χ0n) is 6.67. The van der Waals surface area contributed by atoms with Crippen LogP contribution in [0.25, 0.3) is 0 Å². The molecule has 0 saturated heterocycles. The Morgan fingerprint density at radius 3 is 2.43 bits per heavy atom. The number of alkyl halides is 3. The van der Waals surface area contributed by atoms with Crippen molar-refractivity contribution in [1.82, 2.24) is 0 Å². The number of carbonyl (C=O) groups is 1. The van der Waals surface area contributed by atoms with Crippen molar-refractivity contribution < 1.29 is 23.1 Å². The maximum atomic E-state index is 11.9. The largest absolute Gasteiger partial charge is 0.446 e. The first-order valence-electron chi connectivity index (χ1n) is 3.45. The van der Waals surface area contributed by atoms with Gasteiger partial charge in [0.25, 0.3) is 0 Å². The van der Waals surface area contributed by atoms with Gasteiger partial charge in [0, 0.05) is 4.90 Å². The highest BCUT2D eigenvalue weighted by atomic mass is 32.2. The Hall–Kier alpha value is -1.17. The van der Waals surface area contributed by atoms with Crippen molar-refractivity contribution >= 4 is 17.7 Å². The van der Waals surface area contributed by atoms with Crippen molar-refractivity contribution in [2.45, 2.75) is 10.4 Å². The van der Waals surface area contributed by atoms with E-state index in [1.54, 1.807) is 0 Å². The van der Waals surface area contributed by atoms with Gasteiger partial charge in [0.15, 0.2) is 0 Å². The van der Waals surface area contributed by atoms with Crippen molar-refractivity contribution in [2.75, 3.05) is 0 Å². The molecular weight excluding hydrogens is 217 g/mol. The molecule has 0 bridgehead atoms. The van der Waals surface area contributed by atoms with E-state index in [4.69, 9.17) is 0 Å². The smallest absolute Gasteiger partial charge is 0.242 e. The summed E-state index contributed by atoms with van der Waals surface area (Å²) in [6.07, 6.45) is 0. The average Bonchev–Trinajstić information content (AvgIpc) is 2.01. The highest BCUT2D eigenvalue weighted by molar-refractivity contribution is 8.00. The van der Waals surface area contributed by atoms with Crippen LogP contribution in [0.3, 0.4) is 0 Å². The fraction of sp³-hybridized carbons (Fsp3) is 0.125. The van der Waals surface area contributed by atoms with Crippen LogP contribution in [-0.4, -0.2) is 11.5 Å². The van der Waals surface area contributed by atoms with E-state index in [-0.39, 0.29) is 22.2 Å². The molecule has 1 aromatic rings. The molecule has 2 nitrogen and oxygen atoms in total. The number of hydrogen-bond donors (Lipinski definition) is 0. The van der Waals surface area contributed by atoms with E-state index in [1.165, 1.54) is 18.2 Å². The van der Waals surface area contributed by atoms with Crippen LogP contribution in [0, 0.1) is 0 Å². The molecule has 0 amide bonds. The van der Waals surface area contributed by atoms with E-state index in [1.807, 2.05) is 0 Å². The molecule has 1 radical (unpaired) electrons. The predicted octanol–water partition coefficient (Wildman–Crippen LogP) is 2.87. The summed E-state index contributed by atoms with van der Waals surface area (Å²) in [6, 6.07) is 4.52. The zero-order chi connectivity index (χ0) is 10.8. The lowest BCUT2D eigenvalue weighted by Crippen LogP contribution is -2.00. The summed E-state index contributed by atoms with van der Waals surface area (Å²) in [5.74, 6) is -1.49. The van der Waals surface area contributed by atoms with Crippen LogP contribution < -0.4 is 0 Å². The van der Waals surface area contributed by atoms with Gasteiger partial charge in [-0.3, -0.25) is 0 Å². The third-order valence-corrected chi connectivity index (χ3v) is 2.02. The van der Waals surface area contributed by atoms with E-state index < -0.39 is 11.5 Å². The van der Waals surface area contributed by atoms with Gasteiger partial charge < -0.3 is 0 Å². The maximum absolute atomic E-state index is 11.9. The van der Waals surface area contributed by atoms with Crippen molar-refractivity contribution in [3.63, 3.8) is 0 Å². The first kappa shape index (κ1) is 10.9. The summed E-state index contributed by atoms with van der Waals surface area (Å²) in [7, 11) is 0. The van der Waals surface area contributed by atoms with E-state index >= 15 is 0 Å². The second-order valence-electron chi connectivity index (χ2n) is 2.36. The summed E-state index contributed by atoms with van der Waals surface area (Å²) in [5.41, 5.74) is -4.68. The molecule has 1 rings (SSSR count). The molecular formula is C8H4F3O2S. The summed E-state index contributed by atoms with van der Waals surface area (Å²) < 4.78 is 35.6. The Labute approximate surface area is 81.7 Å². The quantitative estimate of drug-likeness (QED) is 0.720. The summed E-state index contributed by atoms with van der Waals surface area (Å²) in [5, 5.41) is 10.3. The Kier molecular flexibility index (Phi) is 3.05. The zero-order valence-corrected chi connectivity index (χ0v) is 7.48. The summed E-state index contributed by atoms with van der Waals surface area (Å²) in [6.45, 7) is 0. The normalized spacial score (nSPS) is 11.4. The second-order valence-corrected chi connectivity index (χ2v) is 3.50. The minimum atomic E-state index is -4.41. The number of benzene rings is 1. The highest BCUT2D eigenvalue weighted by Gasteiger charge is 2.29. The van der Waals surface area contributed by atoms with Gasteiger partial charge in [-0.15, -0.1) is 0 Å². The lowest BCUT2D eigenvalue weighted by molar-refractivity contribution is -0.0328. The van der Waals surface area contributed by atoms with Gasteiger partial charge in [-0.05, 0) is 30.0 Å². The number of halogens is 3. The monoisotopic (exact) mass is 221 g/mol. The maximum Gasteiger partial charge on any atom is 0.446 e. The van der Waals surface area contributed by atoms with Crippen molar-refractivity contribution in [2.24, 2.45) is 0 Å². The van der Waals surface area contributed by atoms with E-state index in [0.29, 0.717) is 0 Å². The van der Waals surface area contributed by atoms with Crippen LogP contribution in [0.15, 0.2) is 29.2 Å². The molecule has 0 atom stereocenters. The third kappa shape index (κ3) is 3.29. The van der Waals surface area contributed by atoms with Crippen molar-refractivity contribution in [3.05, 3.63) is 29.8 Å². The van der Waals surface area contributed by atoms with Gasteiger partial charge in [-0.2, -0.15) is 13.2 Å². The fourth-order valence-corrected chi connectivity index (χ4v) is 1.42. The third-order valence-electron chi connectivity index (χ3n) is 1.30. The van der Waals surface area contributed by atoms with Crippen LogP contribution in [0.4, 0.5) is 13.2 Å². The molecule has 0 unspecified atom stereocenters. The molecule has 0 saturated carbocycles. The molecule has 0 N–H and O–H groups in total.